The Morgan fingerprint density at radius 3 is 2.68 bits per heavy atom. The van der Waals surface area contributed by atoms with Crippen LogP contribution in [-0.2, 0) is 6.54 Å². The monoisotopic (exact) mass is 280 g/mol. The summed E-state index contributed by atoms with van der Waals surface area (Å²) in [5.41, 5.74) is 0. The highest BCUT2D eigenvalue weighted by atomic mass is 35.5. The molecule has 5 nitrogen and oxygen atoms in total. The van der Waals surface area contributed by atoms with Crippen LogP contribution in [0.3, 0.4) is 0 Å². The van der Waals surface area contributed by atoms with Crippen molar-refractivity contribution in [3.8, 4) is 5.75 Å². The van der Waals surface area contributed by atoms with Gasteiger partial charge < -0.3 is 19.8 Å². The number of ether oxygens (including phenoxy) is 1. The summed E-state index contributed by atoms with van der Waals surface area (Å²) in [7, 11) is 0. The lowest BCUT2D eigenvalue weighted by atomic mass is 10.3. The molecular weight excluding hydrogens is 268 g/mol. The number of nitrogens with one attached hydrogen (secondary N) is 2. The van der Waals surface area contributed by atoms with Crippen LogP contribution in [0, 0.1) is 0 Å². The Morgan fingerprint density at radius 2 is 2.00 bits per heavy atom. The molecule has 0 atom stereocenters. The number of carbonyl (C=O) groups is 1. The fraction of sp³-hybridized carbons (Fsp3) is 0.154. The quantitative estimate of drug-likeness (QED) is 0.828. The van der Waals surface area contributed by atoms with E-state index in [-0.39, 0.29) is 12.8 Å². The summed E-state index contributed by atoms with van der Waals surface area (Å²) in [4.78, 5) is 11.4. The minimum Gasteiger partial charge on any atom is -0.473 e. The molecule has 2 rings (SSSR count). The minimum atomic E-state index is -0.328. The molecule has 0 unspecified atom stereocenters. The Hall–Kier alpha value is -2.14. The third kappa shape index (κ3) is 4.56. The van der Waals surface area contributed by atoms with Crippen molar-refractivity contribution >= 4 is 17.6 Å². The van der Waals surface area contributed by atoms with Gasteiger partial charge in [0, 0.05) is 5.02 Å². The van der Waals surface area contributed by atoms with Crippen LogP contribution >= 0.6 is 11.6 Å². The average molecular weight is 281 g/mol. The molecule has 0 aliphatic rings. The van der Waals surface area contributed by atoms with E-state index in [4.69, 9.17) is 20.8 Å². The molecule has 2 aromatic rings. The highest BCUT2D eigenvalue weighted by Crippen LogP contribution is 2.14. The Balaban J connectivity index is 1.65. The van der Waals surface area contributed by atoms with Crippen LogP contribution in [-0.4, -0.2) is 12.8 Å². The number of urea groups is 1. The number of hydrogen-bond acceptors (Lipinski definition) is 3. The van der Waals surface area contributed by atoms with E-state index < -0.39 is 0 Å². The first-order valence-corrected chi connectivity index (χ1v) is 6.04. The van der Waals surface area contributed by atoms with Crippen molar-refractivity contribution in [1.82, 2.24) is 10.6 Å². The second kappa shape index (κ2) is 6.70. The Kier molecular flexibility index (Phi) is 4.69. The van der Waals surface area contributed by atoms with Crippen LogP contribution in [0.5, 0.6) is 5.75 Å². The molecule has 0 aliphatic carbocycles. The van der Waals surface area contributed by atoms with E-state index in [0.717, 1.165) is 0 Å². The van der Waals surface area contributed by atoms with Gasteiger partial charge in [0.15, 0.2) is 6.73 Å². The first kappa shape index (κ1) is 13.3. The van der Waals surface area contributed by atoms with Crippen LogP contribution in [0.25, 0.3) is 0 Å². The van der Waals surface area contributed by atoms with Gasteiger partial charge in [-0.1, -0.05) is 11.6 Å². The second-order valence-corrected chi connectivity index (χ2v) is 4.12. The Labute approximate surface area is 115 Å². The minimum absolute atomic E-state index is 0.0750. The zero-order chi connectivity index (χ0) is 13.5. The summed E-state index contributed by atoms with van der Waals surface area (Å²) in [5.74, 6) is 1.32. The van der Waals surface area contributed by atoms with E-state index in [2.05, 4.69) is 10.6 Å². The van der Waals surface area contributed by atoms with E-state index in [1.54, 1.807) is 42.7 Å². The zero-order valence-electron chi connectivity index (χ0n) is 10.1. The first-order chi connectivity index (χ1) is 9.24. The van der Waals surface area contributed by atoms with Crippen LogP contribution in [0.4, 0.5) is 4.79 Å². The average Bonchev–Trinajstić information content (AvgIpc) is 2.92. The fourth-order valence-corrected chi connectivity index (χ4v) is 1.48. The molecular formula is C13H13ClN2O3. The highest BCUT2D eigenvalue weighted by molar-refractivity contribution is 6.30. The van der Waals surface area contributed by atoms with Gasteiger partial charge in [0.1, 0.15) is 11.5 Å². The fourth-order valence-electron chi connectivity index (χ4n) is 1.36. The van der Waals surface area contributed by atoms with Crippen molar-refractivity contribution in [2.75, 3.05) is 6.73 Å². The second-order valence-electron chi connectivity index (χ2n) is 3.68. The molecule has 0 saturated carbocycles. The van der Waals surface area contributed by atoms with Crippen LogP contribution in [0.15, 0.2) is 47.1 Å². The summed E-state index contributed by atoms with van der Waals surface area (Å²) < 4.78 is 10.4. The lowest BCUT2D eigenvalue weighted by Crippen LogP contribution is -2.37. The van der Waals surface area contributed by atoms with Gasteiger partial charge in [-0.2, -0.15) is 0 Å². The predicted octanol–water partition coefficient (Wildman–Crippen LogP) is 2.77. The maximum Gasteiger partial charge on any atom is 0.317 e. The summed E-state index contributed by atoms with van der Waals surface area (Å²) in [6.07, 6.45) is 1.55. The molecule has 0 aliphatic heterocycles. The normalized spacial score (nSPS) is 9.95. The van der Waals surface area contributed by atoms with Gasteiger partial charge >= 0.3 is 6.03 Å². The number of furan rings is 1. The standard InChI is InChI=1S/C13H13ClN2O3/c14-10-3-5-11(6-4-10)19-9-16-13(17)15-8-12-2-1-7-18-12/h1-7H,8-9H2,(H2,15,16,17). The third-order valence-corrected chi connectivity index (χ3v) is 2.54. The number of amides is 2. The molecule has 0 spiro atoms. The molecule has 1 aromatic heterocycles. The number of carbonyl (C=O) groups excluding carboxylic acids is 1. The summed E-state index contributed by atoms with van der Waals surface area (Å²) >= 11 is 5.74. The van der Waals surface area contributed by atoms with Crippen molar-refractivity contribution in [3.63, 3.8) is 0 Å². The molecule has 0 saturated heterocycles. The van der Waals surface area contributed by atoms with Crippen molar-refractivity contribution in [2.24, 2.45) is 0 Å². The van der Waals surface area contributed by atoms with Gasteiger partial charge in [0.05, 0.1) is 12.8 Å². The lowest BCUT2D eigenvalue weighted by Gasteiger charge is -2.08. The molecule has 2 amide bonds. The molecule has 0 radical (unpaired) electrons. The molecule has 1 heterocycles. The number of hydrogen-bond donors (Lipinski definition) is 2. The van der Waals surface area contributed by atoms with Gasteiger partial charge in [-0.25, -0.2) is 4.79 Å². The zero-order valence-corrected chi connectivity index (χ0v) is 10.8. The number of halogens is 1. The third-order valence-electron chi connectivity index (χ3n) is 2.29. The Bertz CT molecular complexity index is 511. The number of benzene rings is 1. The highest BCUT2D eigenvalue weighted by Gasteiger charge is 2.01. The molecule has 100 valence electrons. The van der Waals surface area contributed by atoms with Gasteiger partial charge in [-0.3, -0.25) is 0 Å². The van der Waals surface area contributed by atoms with E-state index in [0.29, 0.717) is 23.1 Å². The summed E-state index contributed by atoms with van der Waals surface area (Å²) in [5, 5.41) is 5.83. The smallest absolute Gasteiger partial charge is 0.317 e. The van der Waals surface area contributed by atoms with E-state index in [1.807, 2.05) is 0 Å². The maximum atomic E-state index is 11.4. The largest absolute Gasteiger partial charge is 0.473 e. The van der Waals surface area contributed by atoms with Crippen LogP contribution < -0.4 is 15.4 Å². The molecule has 2 N–H and O–H groups in total. The molecule has 1 aromatic carbocycles. The molecule has 19 heavy (non-hydrogen) atoms. The van der Waals surface area contributed by atoms with Crippen LogP contribution in [0.2, 0.25) is 5.02 Å². The van der Waals surface area contributed by atoms with E-state index in [9.17, 15) is 4.79 Å². The maximum absolute atomic E-state index is 11.4. The van der Waals surface area contributed by atoms with Crippen molar-refractivity contribution < 1.29 is 13.9 Å². The van der Waals surface area contributed by atoms with Crippen molar-refractivity contribution in [2.45, 2.75) is 6.54 Å². The predicted molar refractivity (Wildman–Crippen MR) is 71.0 cm³/mol. The van der Waals surface area contributed by atoms with Gasteiger partial charge in [0.2, 0.25) is 0 Å². The van der Waals surface area contributed by atoms with E-state index in [1.165, 1.54) is 0 Å². The topological polar surface area (TPSA) is 63.5 Å². The molecule has 6 heteroatoms. The van der Waals surface area contributed by atoms with Crippen LogP contribution in [0.1, 0.15) is 5.76 Å². The lowest BCUT2D eigenvalue weighted by molar-refractivity contribution is 0.223. The number of rotatable bonds is 5. The van der Waals surface area contributed by atoms with Crippen molar-refractivity contribution in [3.05, 3.63) is 53.4 Å². The van der Waals surface area contributed by atoms with Crippen molar-refractivity contribution in [1.29, 1.82) is 0 Å². The SMILES string of the molecule is O=C(NCOc1ccc(Cl)cc1)NCc1ccco1. The van der Waals surface area contributed by atoms with E-state index >= 15 is 0 Å². The summed E-state index contributed by atoms with van der Waals surface area (Å²) in [6.45, 7) is 0.408. The van der Waals surface area contributed by atoms with Gasteiger partial charge in [-0.15, -0.1) is 0 Å². The molecule has 0 bridgehead atoms. The molecule has 0 fully saturated rings. The summed E-state index contributed by atoms with van der Waals surface area (Å²) in [6, 6.07) is 10.1. The first-order valence-electron chi connectivity index (χ1n) is 5.66. The Morgan fingerprint density at radius 1 is 1.21 bits per heavy atom. The van der Waals surface area contributed by atoms with Gasteiger partial charge in [0.25, 0.3) is 0 Å². The van der Waals surface area contributed by atoms with Gasteiger partial charge in [-0.05, 0) is 36.4 Å².